The number of rotatable bonds is 2. The highest BCUT2D eigenvalue weighted by Gasteiger charge is 2.38. The predicted molar refractivity (Wildman–Crippen MR) is 63.0 cm³/mol. The van der Waals surface area contributed by atoms with E-state index in [1.165, 1.54) is 12.0 Å². The van der Waals surface area contributed by atoms with Crippen LogP contribution >= 0.6 is 0 Å². The number of carbonyl (C=O) groups is 1. The first-order chi connectivity index (χ1) is 7.81. The highest BCUT2D eigenvalue weighted by Crippen LogP contribution is 2.34. The first kappa shape index (κ1) is 10.0. The molecule has 1 aliphatic carbocycles. The van der Waals surface area contributed by atoms with E-state index in [-0.39, 0.29) is 0 Å². The molecule has 1 heterocycles. The van der Waals surface area contributed by atoms with Gasteiger partial charge in [-0.05, 0) is 17.9 Å². The molecule has 0 unspecified atom stereocenters. The fraction of sp³-hybridized carbons (Fsp3) is 0.500. The Labute approximate surface area is 96.3 Å². The van der Waals surface area contributed by atoms with Gasteiger partial charge in [0.2, 0.25) is 0 Å². The number of hydrogen-bond acceptors (Lipinski definition) is 2. The highest BCUT2D eigenvalue weighted by molar-refractivity contribution is 5.80. The van der Waals surface area contributed by atoms with Crippen LogP contribution in [-0.2, 0) is 11.3 Å². The van der Waals surface area contributed by atoms with Crippen LogP contribution in [0.25, 0.3) is 0 Å². The molecule has 1 saturated carbocycles. The van der Waals surface area contributed by atoms with Crippen molar-refractivity contribution < 1.29 is 4.79 Å². The number of likely N-dealkylation sites (tertiary alicyclic amines) is 1. The average molecular weight is 215 g/mol. The molecule has 0 aromatic heterocycles. The van der Waals surface area contributed by atoms with Crippen LogP contribution in [0.3, 0.4) is 0 Å². The Bertz CT molecular complexity index is 387. The Kier molecular flexibility index (Phi) is 2.52. The summed E-state index contributed by atoms with van der Waals surface area (Å²) < 4.78 is 0. The fourth-order valence-corrected chi connectivity index (χ4v) is 3.13. The van der Waals surface area contributed by atoms with Crippen LogP contribution in [0.2, 0.25) is 0 Å². The zero-order valence-electron chi connectivity index (χ0n) is 9.43. The monoisotopic (exact) mass is 215 g/mol. The maximum absolute atomic E-state index is 11.5. The van der Waals surface area contributed by atoms with Crippen molar-refractivity contribution in [3.8, 4) is 0 Å². The second-order valence-corrected chi connectivity index (χ2v) is 5.12. The minimum atomic E-state index is 0.469. The van der Waals surface area contributed by atoms with Crippen LogP contribution in [-0.4, -0.2) is 23.3 Å². The highest BCUT2D eigenvalue weighted by atomic mass is 16.1. The zero-order valence-corrected chi connectivity index (χ0v) is 9.43. The molecule has 2 nitrogen and oxygen atoms in total. The van der Waals surface area contributed by atoms with Crippen LogP contribution < -0.4 is 0 Å². The van der Waals surface area contributed by atoms with E-state index in [2.05, 4.69) is 35.2 Å². The number of ketones is 1. The summed E-state index contributed by atoms with van der Waals surface area (Å²) in [6.45, 7) is 2.13. The summed E-state index contributed by atoms with van der Waals surface area (Å²) in [6.07, 6.45) is 2.84. The molecule has 1 aliphatic heterocycles. The Morgan fingerprint density at radius 2 is 2.00 bits per heavy atom. The van der Waals surface area contributed by atoms with Gasteiger partial charge in [-0.1, -0.05) is 30.3 Å². The zero-order chi connectivity index (χ0) is 11.0. The molecule has 16 heavy (non-hydrogen) atoms. The number of benzene rings is 1. The molecule has 0 radical (unpaired) electrons. The number of Topliss-reactive ketones (excluding diaryl/α,β-unsaturated/α-hetero) is 1. The Balaban J connectivity index is 1.71. The largest absolute Gasteiger partial charge is 0.300 e. The minimum Gasteiger partial charge on any atom is -0.300 e. The Morgan fingerprint density at radius 1 is 1.19 bits per heavy atom. The summed E-state index contributed by atoms with van der Waals surface area (Å²) in [7, 11) is 0. The lowest BCUT2D eigenvalue weighted by Crippen LogP contribution is -2.30. The van der Waals surface area contributed by atoms with Crippen LogP contribution in [0.1, 0.15) is 24.8 Å². The second kappa shape index (κ2) is 4.02. The van der Waals surface area contributed by atoms with Crippen molar-refractivity contribution >= 4 is 5.78 Å². The summed E-state index contributed by atoms with van der Waals surface area (Å²) in [6, 6.07) is 11.1. The predicted octanol–water partition coefficient (Wildman–Crippen LogP) is 2.24. The van der Waals surface area contributed by atoms with E-state index in [0.29, 0.717) is 17.7 Å². The second-order valence-electron chi connectivity index (χ2n) is 5.12. The van der Waals surface area contributed by atoms with Crippen molar-refractivity contribution in [3.63, 3.8) is 0 Å². The van der Waals surface area contributed by atoms with Gasteiger partial charge in [-0.25, -0.2) is 0 Å². The van der Waals surface area contributed by atoms with E-state index in [1.54, 1.807) is 0 Å². The third kappa shape index (κ3) is 1.90. The van der Waals surface area contributed by atoms with Crippen molar-refractivity contribution in [2.45, 2.75) is 31.8 Å². The van der Waals surface area contributed by atoms with Gasteiger partial charge in [-0.15, -0.1) is 0 Å². The van der Waals surface area contributed by atoms with E-state index in [9.17, 15) is 4.79 Å². The van der Waals surface area contributed by atoms with Crippen molar-refractivity contribution in [2.75, 3.05) is 6.54 Å². The van der Waals surface area contributed by atoms with Gasteiger partial charge in [0.05, 0.1) is 0 Å². The van der Waals surface area contributed by atoms with E-state index in [4.69, 9.17) is 0 Å². The summed E-state index contributed by atoms with van der Waals surface area (Å²) in [5.74, 6) is 1.10. The molecule has 2 atom stereocenters. The van der Waals surface area contributed by atoms with Crippen LogP contribution in [0.5, 0.6) is 0 Å². The molecular formula is C14H17NO. The minimum absolute atomic E-state index is 0.469. The quantitative estimate of drug-likeness (QED) is 0.754. The first-order valence-corrected chi connectivity index (χ1v) is 6.11. The number of hydrogen-bond donors (Lipinski definition) is 0. The third-order valence-corrected chi connectivity index (χ3v) is 3.82. The maximum Gasteiger partial charge on any atom is 0.134 e. The first-order valence-electron chi connectivity index (χ1n) is 6.11. The average Bonchev–Trinajstić information content (AvgIpc) is 2.55. The smallest absolute Gasteiger partial charge is 0.134 e. The molecule has 2 fully saturated rings. The molecule has 2 bridgehead atoms. The van der Waals surface area contributed by atoms with Gasteiger partial charge in [-0.2, -0.15) is 0 Å². The SMILES string of the molecule is O=C1C[C@H]2C[C@@H](C1)N(Cc1ccccc1)C2. The van der Waals surface area contributed by atoms with Crippen molar-refractivity contribution in [3.05, 3.63) is 35.9 Å². The van der Waals surface area contributed by atoms with Crippen LogP contribution in [0, 0.1) is 5.92 Å². The molecule has 2 aliphatic rings. The fourth-order valence-electron chi connectivity index (χ4n) is 3.13. The van der Waals surface area contributed by atoms with Gasteiger partial charge in [0.25, 0.3) is 0 Å². The lowest BCUT2D eigenvalue weighted by Gasteiger charge is -2.23. The molecule has 0 amide bonds. The molecule has 0 N–H and O–H groups in total. The van der Waals surface area contributed by atoms with E-state index >= 15 is 0 Å². The lowest BCUT2D eigenvalue weighted by molar-refractivity contribution is -0.121. The van der Waals surface area contributed by atoms with Crippen molar-refractivity contribution in [1.29, 1.82) is 0 Å². The molecular weight excluding hydrogens is 198 g/mol. The van der Waals surface area contributed by atoms with Gasteiger partial charge in [0.15, 0.2) is 0 Å². The van der Waals surface area contributed by atoms with E-state index in [0.717, 1.165) is 25.9 Å². The third-order valence-electron chi connectivity index (χ3n) is 3.82. The maximum atomic E-state index is 11.5. The summed E-state index contributed by atoms with van der Waals surface area (Å²) in [5, 5.41) is 0. The molecule has 1 aromatic rings. The topological polar surface area (TPSA) is 20.3 Å². The van der Waals surface area contributed by atoms with Crippen LogP contribution in [0.15, 0.2) is 30.3 Å². The molecule has 1 aromatic carbocycles. The Hall–Kier alpha value is -1.15. The van der Waals surface area contributed by atoms with Crippen molar-refractivity contribution in [1.82, 2.24) is 4.90 Å². The van der Waals surface area contributed by atoms with Gasteiger partial charge in [0.1, 0.15) is 5.78 Å². The van der Waals surface area contributed by atoms with Crippen LogP contribution in [0.4, 0.5) is 0 Å². The standard InChI is InChI=1S/C14H17NO/c16-14-7-12-6-13(8-14)15(10-12)9-11-4-2-1-3-5-11/h1-5,12-13H,6-10H2/t12-,13+/m1/s1. The van der Waals surface area contributed by atoms with E-state index < -0.39 is 0 Å². The molecule has 3 rings (SSSR count). The van der Waals surface area contributed by atoms with Gasteiger partial charge >= 0.3 is 0 Å². The summed E-state index contributed by atoms with van der Waals surface area (Å²) in [5.41, 5.74) is 1.36. The number of nitrogens with zero attached hydrogens (tertiary/aromatic N) is 1. The van der Waals surface area contributed by atoms with Crippen molar-refractivity contribution in [2.24, 2.45) is 5.92 Å². The van der Waals surface area contributed by atoms with Gasteiger partial charge in [0, 0.05) is 32.0 Å². The van der Waals surface area contributed by atoms with Gasteiger partial charge in [-0.3, -0.25) is 9.69 Å². The van der Waals surface area contributed by atoms with Gasteiger partial charge < -0.3 is 0 Å². The Morgan fingerprint density at radius 3 is 2.81 bits per heavy atom. The number of fused-ring (bicyclic) bond motifs is 2. The molecule has 1 saturated heterocycles. The normalized spacial score (nSPS) is 29.6. The molecule has 0 spiro atoms. The summed E-state index contributed by atoms with van der Waals surface area (Å²) >= 11 is 0. The van der Waals surface area contributed by atoms with E-state index in [1.807, 2.05) is 0 Å². The molecule has 84 valence electrons. The lowest BCUT2D eigenvalue weighted by atomic mass is 9.89. The molecule has 2 heteroatoms. The number of carbonyl (C=O) groups excluding carboxylic acids is 1. The summed E-state index contributed by atoms with van der Waals surface area (Å²) in [4.78, 5) is 14.0.